The van der Waals surface area contributed by atoms with E-state index in [1.807, 2.05) is 48.5 Å². The molecule has 0 bridgehead atoms. The second-order valence-electron chi connectivity index (χ2n) is 6.05. The molecule has 2 aromatic carbocycles. The van der Waals surface area contributed by atoms with Crippen molar-refractivity contribution in [2.45, 2.75) is 31.7 Å². The highest BCUT2D eigenvalue weighted by atomic mass is 16.5. The monoisotopic (exact) mass is 309 g/mol. The van der Waals surface area contributed by atoms with Crippen LogP contribution in [0.4, 0.5) is 5.69 Å². The Morgan fingerprint density at radius 2 is 1.78 bits per heavy atom. The number of ether oxygens (including phenoxy) is 1. The zero-order chi connectivity index (χ0) is 16.1. The van der Waals surface area contributed by atoms with Crippen LogP contribution in [0.25, 0.3) is 0 Å². The highest BCUT2D eigenvalue weighted by molar-refractivity contribution is 5.83. The molecule has 2 atom stereocenters. The van der Waals surface area contributed by atoms with Crippen LogP contribution in [0.1, 0.15) is 37.3 Å². The summed E-state index contributed by atoms with van der Waals surface area (Å²) in [6.45, 7) is 0. The van der Waals surface area contributed by atoms with E-state index in [1.165, 1.54) is 0 Å². The van der Waals surface area contributed by atoms with Crippen LogP contribution in [0.5, 0.6) is 5.75 Å². The average molecular weight is 309 g/mol. The average Bonchev–Trinajstić information content (AvgIpc) is 2.61. The highest BCUT2D eigenvalue weighted by Gasteiger charge is 2.32. The summed E-state index contributed by atoms with van der Waals surface area (Å²) in [7, 11) is 1.68. The number of rotatable bonds is 5. The predicted octanol–water partition coefficient (Wildman–Crippen LogP) is 4.61. The van der Waals surface area contributed by atoms with Crippen LogP contribution in [0.15, 0.2) is 54.6 Å². The third-order valence-electron chi connectivity index (χ3n) is 4.57. The lowest BCUT2D eigenvalue weighted by Gasteiger charge is -2.31. The van der Waals surface area contributed by atoms with Gasteiger partial charge in [-0.3, -0.25) is 4.79 Å². The van der Waals surface area contributed by atoms with Crippen molar-refractivity contribution >= 4 is 11.5 Å². The van der Waals surface area contributed by atoms with Crippen LogP contribution in [0.2, 0.25) is 0 Å². The fourth-order valence-electron chi connectivity index (χ4n) is 3.39. The molecule has 1 aliphatic rings. The van der Waals surface area contributed by atoms with E-state index < -0.39 is 0 Å². The van der Waals surface area contributed by atoms with Crippen molar-refractivity contribution in [1.29, 1.82) is 0 Å². The van der Waals surface area contributed by atoms with Crippen LogP contribution >= 0.6 is 0 Å². The van der Waals surface area contributed by atoms with Crippen molar-refractivity contribution in [2.24, 2.45) is 5.92 Å². The lowest BCUT2D eigenvalue weighted by atomic mass is 9.79. The predicted molar refractivity (Wildman–Crippen MR) is 92.8 cm³/mol. The molecule has 2 aromatic rings. The summed E-state index contributed by atoms with van der Waals surface area (Å²) in [6, 6.07) is 18.0. The number of hydrogen-bond donors (Lipinski definition) is 1. The third kappa shape index (κ3) is 3.55. The molecule has 1 fully saturated rings. The molecule has 1 aliphatic carbocycles. The van der Waals surface area contributed by atoms with Crippen LogP contribution in [-0.4, -0.2) is 12.9 Å². The lowest BCUT2D eigenvalue weighted by molar-refractivity contribution is -0.125. The van der Waals surface area contributed by atoms with Crippen LogP contribution < -0.4 is 10.1 Å². The molecule has 0 aliphatic heterocycles. The van der Waals surface area contributed by atoms with Gasteiger partial charge in [0.15, 0.2) is 0 Å². The van der Waals surface area contributed by atoms with E-state index in [9.17, 15) is 4.79 Å². The van der Waals surface area contributed by atoms with Gasteiger partial charge in [-0.05, 0) is 31.0 Å². The number of carbonyl (C=O) groups is 1. The van der Waals surface area contributed by atoms with Gasteiger partial charge in [0.2, 0.25) is 0 Å². The molecule has 0 heterocycles. The van der Waals surface area contributed by atoms with E-state index in [4.69, 9.17) is 4.74 Å². The molecule has 3 nitrogen and oxygen atoms in total. The van der Waals surface area contributed by atoms with Crippen molar-refractivity contribution < 1.29 is 9.53 Å². The van der Waals surface area contributed by atoms with Gasteiger partial charge in [-0.1, -0.05) is 42.8 Å². The third-order valence-corrected chi connectivity index (χ3v) is 4.57. The Kier molecular flexibility index (Phi) is 4.96. The van der Waals surface area contributed by atoms with E-state index in [1.54, 1.807) is 7.11 Å². The summed E-state index contributed by atoms with van der Waals surface area (Å²) >= 11 is 0. The van der Waals surface area contributed by atoms with Gasteiger partial charge in [0.25, 0.3) is 0 Å². The summed E-state index contributed by atoms with van der Waals surface area (Å²) in [5.41, 5.74) is 2.08. The largest absolute Gasteiger partial charge is 0.496 e. The molecular weight excluding hydrogens is 286 g/mol. The molecule has 0 radical (unpaired) electrons. The van der Waals surface area contributed by atoms with Crippen LogP contribution in [-0.2, 0) is 4.79 Å². The minimum atomic E-state index is -0.0543. The van der Waals surface area contributed by atoms with Crippen LogP contribution in [0.3, 0.4) is 0 Å². The standard InChI is InChI=1S/C20H23NO2/c1-23-19-14-8-6-12-17(19)20(16-11-5-7-13-18(16)22)21-15-9-3-2-4-10-15/h2-4,6,8-10,12,14,16,20-21H,5,7,11,13H2,1H3. The maximum atomic E-state index is 12.5. The number of Topliss-reactive ketones (excluding diaryl/α,β-unsaturated/α-hetero) is 1. The lowest BCUT2D eigenvalue weighted by Crippen LogP contribution is -2.30. The summed E-state index contributed by atoms with van der Waals surface area (Å²) in [5.74, 6) is 1.19. The van der Waals surface area contributed by atoms with Gasteiger partial charge in [-0.15, -0.1) is 0 Å². The summed E-state index contributed by atoms with van der Waals surface area (Å²) in [6.07, 6.45) is 3.74. The highest BCUT2D eigenvalue weighted by Crippen LogP contribution is 2.38. The van der Waals surface area contributed by atoms with E-state index in [2.05, 4.69) is 11.4 Å². The number of para-hydroxylation sites is 2. The van der Waals surface area contributed by atoms with E-state index in [-0.39, 0.29) is 12.0 Å². The molecule has 1 saturated carbocycles. The van der Waals surface area contributed by atoms with E-state index in [0.717, 1.165) is 36.3 Å². The molecule has 3 rings (SSSR count). The molecule has 0 amide bonds. The fraction of sp³-hybridized carbons (Fsp3) is 0.350. The van der Waals surface area contributed by atoms with Crippen molar-refractivity contribution in [2.75, 3.05) is 12.4 Å². The van der Waals surface area contributed by atoms with Gasteiger partial charge < -0.3 is 10.1 Å². The van der Waals surface area contributed by atoms with Crippen LogP contribution in [0, 0.1) is 5.92 Å². The number of nitrogens with one attached hydrogen (secondary N) is 1. The molecule has 0 saturated heterocycles. The number of carbonyl (C=O) groups excluding carboxylic acids is 1. The topological polar surface area (TPSA) is 38.3 Å². The molecule has 120 valence electrons. The Bertz CT molecular complexity index is 654. The zero-order valence-electron chi connectivity index (χ0n) is 13.5. The number of anilines is 1. The maximum Gasteiger partial charge on any atom is 0.138 e. The Morgan fingerprint density at radius 1 is 1.04 bits per heavy atom. The van der Waals surface area contributed by atoms with Gasteiger partial charge in [0.1, 0.15) is 11.5 Å². The fourth-order valence-corrected chi connectivity index (χ4v) is 3.39. The van der Waals surface area contributed by atoms with Gasteiger partial charge in [-0.2, -0.15) is 0 Å². The van der Waals surface area contributed by atoms with Crippen molar-refractivity contribution in [3.05, 3.63) is 60.2 Å². The second-order valence-corrected chi connectivity index (χ2v) is 6.05. The smallest absolute Gasteiger partial charge is 0.138 e. The van der Waals surface area contributed by atoms with Crippen molar-refractivity contribution in [1.82, 2.24) is 0 Å². The zero-order valence-corrected chi connectivity index (χ0v) is 13.5. The summed E-state index contributed by atoms with van der Waals surface area (Å²) < 4.78 is 5.54. The van der Waals surface area contributed by atoms with Gasteiger partial charge in [-0.25, -0.2) is 0 Å². The quantitative estimate of drug-likeness (QED) is 0.876. The normalized spacial score (nSPS) is 19.2. The van der Waals surface area contributed by atoms with E-state index in [0.29, 0.717) is 12.2 Å². The molecule has 23 heavy (non-hydrogen) atoms. The molecular formula is C20H23NO2. The Balaban J connectivity index is 1.97. The first-order valence-electron chi connectivity index (χ1n) is 8.27. The molecule has 2 unspecified atom stereocenters. The Labute approximate surface area is 137 Å². The minimum Gasteiger partial charge on any atom is -0.496 e. The minimum absolute atomic E-state index is 0.000237. The number of methoxy groups -OCH3 is 1. The number of ketones is 1. The van der Waals surface area contributed by atoms with Crippen molar-refractivity contribution in [3.63, 3.8) is 0 Å². The molecule has 0 aromatic heterocycles. The first kappa shape index (κ1) is 15.6. The first-order valence-corrected chi connectivity index (χ1v) is 8.27. The second kappa shape index (κ2) is 7.32. The summed E-state index contributed by atoms with van der Waals surface area (Å²) in [4.78, 5) is 12.5. The molecule has 1 N–H and O–H groups in total. The molecule has 0 spiro atoms. The maximum absolute atomic E-state index is 12.5. The van der Waals surface area contributed by atoms with Crippen molar-refractivity contribution in [3.8, 4) is 5.75 Å². The number of benzene rings is 2. The Morgan fingerprint density at radius 3 is 2.52 bits per heavy atom. The summed E-state index contributed by atoms with van der Waals surface area (Å²) in [5, 5.41) is 3.57. The molecule has 3 heteroatoms. The van der Waals surface area contributed by atoms with Gasteiger partial charge >= 0.3 is 0 Å². The van der Waals surface area contributed by atoms with E-state index >= 15 is 0 Å². The van der Waals surface area contributed by atoms with Gasteiger partial charge in [0, 0.05) is 23.6 Å². The SMILES string of the molecule is COc1ccccc1C(Nc1ccccc1)C1CCCCC1=O. The number of hydrogen-bond acceptors (Lipinski definition) is 3. The first-order chi connectivity index (χ1) is 11.3. The van der Waals surface area contributed by atoms with Gasteiger partial charge in [0.05, 0.1) is 13.2 Å². The Hall–Kier alpha value is -2.29.